The first-order valence-corrected chi connectivity index (χ1v) is 7.60. The van der Waals surface area contributed by atoms with Gasteiger partial charge < -0.3 is 11.1 Å². The predicted octanol–water partition coefficient (Wildman–Crippen LogP) is 1.95. The first-order valence-electron chi connectivity index (χ1n) is 6.55. The van der Waals surface area contributed by atoms with Gasteiger partial charge in [-0.25, -0.2) is 0 Å². The summed E-state index contributed by atoms with van der Waals surface area (Å²) in [7, 11) is 0. The summed E-state index contributed by atoms with van der Waals surface area (Å²) in [5.41, 5.74) is 8.28. The van der Waals surface area contributed by atoms with Gasteiger partial charge in [0.2, 0.25) is 5.91 Å². The van der Waals surface area contributed by atoms with Crippen LogP contribution in [0.25, 0.3) is 0 Å². The van der Waals surface area contributed by atoms with E-state index in [1.54, 1.807) is 0 Å². The van der Waals surface area contributed by atoms with Crippen LogP contribution in [0.2, 0.25) is 0 Å². The van der Waals surface area contributed by atoms with E-state index in [-0.39, 0.29) is 5.91 Å². The average molecular weight is 279 g/mol. The summed E-state index contributed by atoms with van der Waals surface area (Å²) in [5, 5.41) is 3.55. The van der Waals surface area contributed by atoms with Gasteiger partial charge in [-0.05, 0) is 24.6 Å². The van der Waals surface area contributed by atoms with Crippen molar-refractivity contribution in [2.75, 3.05) is 36.4 Å². The second-order valence-electron chi connectivity index (χ2n) is 4.98. The molecule has 1 amide bonds. The van der Waals surface area contributed by atoms with Gasteiger partial charge in [0, 0.05) is 35.5 Å². The number of nitrogens with zero attached hydrogens (tertiary/aromatic N) is 1. The number of hydrogen-bond acceptors (Lipinski definition) is 4. The number of anilines is 2. The van der Waals surface area contributed by atoms with E-state index in [0.717, 1.165) is 30.1 Å². The molecule has 0 saturated carbocycles. The third kappa shape index (κ3) is 3.88. The number of nitrogens with one attached hydrogen (secondary N) is 1. The zero-order valence-electron chi connectivity index (χ0n) is 11.5. The Bertz CT molecular complexity index is 464. The van der Waals surface area contributed by atoms with E-state index in [0.29, 0.717) is 17.5 Å². The molecule has 1 aromatic rings. The fourth-order valence-corrected chi connectivity index (χ4v) is 3.30. The Labute approximate surface area is 118 Å². The molecule has 5 heteroatoms. The standard InChI is InChI=1S/C14H21N3OS/c1-10-8-17(6-7-19-10)9-14(18)16-13-5-3-4-12(15)11(13)2/h3-5,10H,6-9,15H2,1-2H3,(H,16,18). The van der Waals surface area contributed by atoms with Crippen LogP contribution in [-0.4, -0.2) is 41.4 Å². The summed E-state index contributed by atoms with van der Waals surface area (Å²) < 4.78 is 0. The Balaban J connectivity index is 1.92. The summed E-state index contributed by atoms with van der Waals surface area (Å²) in [5.74, 6) is 1.14. The Kier molecular flexibility index (Phi) is 4.71. The van der Waals surface area contributed by atoms with Gasteiger partial charge in [0.15, 0.2) is 0 Å². The normalized spacial score (nSPS) is 20.2. The van der Waals surface area contributed by atoms with E-state index >= 15 is 0 Å². The number of nitrogens with two attached hydrogens (primary N) is 1. The molecule has 3 N–H and O–H groups in total. The van der Waals surface area contributed by atoms with Crippen LogP contribution in [0.4, 0.5) is 11.4 Å². The largest absolute Gasteiger partial charge is 0.398 e. The Morgan fingerprint density at radius 3 is 3.11 bits per heavy atom. The molecule has 4 nitrogen and oxygen atoms in total. The lowest BCUT2D eigenvalue weighted by atomic mass is 10.1. The minimum atomic E-state index is 0.0350. The summed E-state index contributed by atoms with van der Waals surface area (Å²) in [6.45, 7) is 6.55. The summed E-state index contributed by atoms with van der Waals surface area (Å²) in [4.78, 5) is 14.3. The van der Waals surface area contributed by atoms with Gasteiger partial charge in [-0.2, -0.15) is 11.8 Å². The molecule has 0 radical (unpaired) electrons. The number of hydrogen-bond donors (Lipinski definition) is 2. The number of carbonyl (C=O) groups excluding carboxylic acids is 1. The third-order valence-electron chi connectivity index (χ3n) is 3.34. The number of carbonyl (C=O) groups is 1. The van der Waals surface area contributed by atoms with Crippen molar-refractivity contribution in [2.24, 2.45) is 0 Å². The maximum atomic E-state index is 12.1. The van der Waals surface area contributed by atoms with E-state index in [9.17, 15) is 4.79 Å². The maximum absolute atomic E-state index is 12.1. The highest BCUT2D eigenvalue weighted by Crippen LogP contribution is 2.21. The number of thioether (sulfide) groups is 1. The summed E-state index contributed by atoms with van der Waals surface area (Å²) >= 11 is 1.97. The van der Waals surface area contributed by atoms with E-state index in [2.05, 4.69) is 17.1 Å². The first kappa shape index (κ1) is 14.2. The van der Waals surface area contributed by atoms with Gasteiger partial charge in [0.25, 0.3) is 0 Å². The van der Waals surface area contributed by atoms with Crippen molar-refractivity contribution in [2.45, 2.75) is 19.1 Å². The molecule has 1 aliphatic rings. The molecule has 2 rings (SSSR count). The third-order valence-corrected chi connectivity index (χ3v) is 4.48. The lowest BCUT2D eigenvalue weighted by molar-refractivity contribution is -0.117. The molecular weight excluding hydrogens is 258 g/mol. The SMILES string of the molecule is Cc1c(N)cccc1NC(=O)CN1CCSC(C)C1. The molecule has 0 bridgehead atoms. The fraction of sp³-hybridized carbons (Fsp3) is 0.500. The number of benzene rings is 1. The molecule has 1 aromatic carbocycles. The molecule has 1 heterocycles. The fourth-order valence-electron chi connectivity index (χ4n) is 2.22. The smallest absolute Gasteiger partial charge is 0.238 e. The molecule has 0 aliphatic carbocycles. The number of nitrogen functional groups attached to an aromatic ring is 1. The monoisotopic (exact) mass is 279 g/mol. The highest BCUT2D eigenvalue weighted by Gasteiger charge is 2.19. The van der Waals surface area contributed by atoms with E-state index in [1.165, 1.54) is 0 Å². The average Bonchev–Trinajstić information content (AvgIpc) is 2.35. The molecule has 1 aliphatic heterocycles. The van der Waals surface area contributed by atoms with Crippen molar-refractivity contribution < 1.29 is 4.79 Å². The van der Waals surface area contributed by atoms with Crippen molar-refractivity contribution in [1.82, 2.24) is 4.90 Å². The van der Waals surface area contributed by atoms with Crippen molar-refractivity contribution in [3.05, 3.63) is 23.8 Å². The number of rotatable bonds is 3. The van der Waals surface area contributed by atoms with Gasteiger partial charge >= 0.3 is 0 Å². The van der Waals surface area contributed by atoms with E-state index < -0.39 is 0 Å². The van der Waals surface area contributed by atoms with Crippen LogP contribution in [0.5, 0.6) is 0 Å². The van der Waals surface area contributed by atoms with Crippen LogP contribution in [0.1, 0.15) is 12.5 Å². The molecule has 0 aromatic heterocycles. The van der Waals surface area contributed by atoms with Crippen LogP contribution in [0, 0.1) is 6.92 Å². The van der Waals surface area contributed by atoms with Crippen LogP contribution in [0.3, 0.4) is 0 Å². The van der Waals surface area contributed by atoms with Crippen LogP contribution in [0.15, 0.2) is 18.2 Å². The second kappa shape index (κ2) is 6.30. The van der Waals surface area contributed by atoms with Crippen molar-refractivity contribution in [3.63, 3.8) is 0 Å². The highest BCUT2D eigenvalue weighted by atomic mass is 32.2. The van der Waals surface area contributed by atoms with Gasteiger partial charge in [-0.1, -0.05) is 13.0 Å². The Morgan fingerprint density at radius 1 is 1.58 bits per heavy atom. The molecule has 0 spiro atoms. The second-order valence-corrected chi connectivity index (χ2v) is 6.53. The molecule has 104 valence electrons. The molecule has 1 saturated heterocycles. The molecule has 1 atom stereocenters. The van der Waals surface area contributed by atoms with Gasteiger partial charge in [0.1, 0.15) is 0 Å². The summed E-state index contributed by atoms with van der Waals surface area (Å²) in [6.07, 6.45) is 0. The van der Waals surface area contributed by atoms with Crippen LogP contribution in [-0.2, 0) is 4.79 Å². The lowest BCUT2D eigenvalue weighted by Gasteiger charge is -2.29. The van der Waals surface area contributed by atoms with E-state index in [1.807, 2.05) is 36.9 Å². The minimum absolute atomic E-state index is 0.0350. The lowest BCUT2D eigenvalue weighted by Crippen LogP contribution is -2.41. The summed E-state index contributed by atoms with van der Waals surface area (Å²) in [6, 6.07) is 5.59. The Morgan fingerprint density at radius 2 is 2.37 bits per heavy atom. The van der Waals surface area contributed by atoms with Crippen molar-refractivity contribution in [1.29, 1.82) is 0 Å². The molecular formula is C14H21N3OS. The van der Waals surface area contributed by atoms with Gasteiger partial charge in [0.05, 0.1) is 6.54 Å². The van der Waals surface area contributed by atoms with Crippen LogP contribution >= 0.6 is 11.8 Å². The van der Waals surface area contributed by atoms with Gasteiger partial charge in [-0.15, -0.1) is 0 Å². The minimum Gasteiger partial charge on any atom is -0.398 e. The van der Waals surface area contributed by atoms with Crippen molar-refractivity contribution in [3.8, 4) is 0 Å². The van der Waals surface area contributed by atoms with Crippen molar-refractivity contribution >= 4 is 29.0 Å². The maximum Gasteiger partial charge on any atom is 0.238 e. The number of amides is 1. The van der Waals surface area contributed by atoms with Gasteiger partial charge in [-0.3, -0.25) is 9.69 Å². The molecule has 19 heavy (non-hydrogen) atoms. The molecule has 1 unspecified atom stereocenters. The molecule has 1 fully saturated rings. The quantitative estimate of drug-likeness (QED) is 0.830. The van der Waals surface area contributed by atoms with Crippen LogP contribution < -0.4 is 11.1 Å². The zero-order chi connectivity index (χ0) is 13.8. The predicted molar refractivity (Wildman–Crippen MR) is 82.6 cm³/mol. The first-order chi connectivity index (χ1) is 9.06. The topological polar surface area (TPSA) is 58.4 Å². The Hall–Kier alpha value is -1.20. The van der Waals surface area contributed by atoms with E-state index in [4.69, 9.17) is 5.73 Å². The zero-order valence-corrected chi connectivity index (χ0v) is 12.3. The highest BCUT2D eigenvalue weighted by molar-refractivity contribution is 7.99.